The lowest BCUT2D eigenvalue weighted by Gasteiger charge is -2.27. The van der Waals surface area contributed by atoms with Gasteiger partial charge in [0.15, 0.2) is 17.3 Å². The summed E-state index contributed by atoms with van der Waals surface area (Å²) < 4.78 is 10.8. The quantitative estimate of drug-likeness (QED) is 0.259. The normalized spacial score (nSPS) is 13.2. The average Bonchev–Trinajstić information content (AvgIpc) is 3.33. The number of ether oxygens (including phenoxy) is 2. The number of anilines is 1. The highest BCUT2D eigenvalue weighted by molar-refractivity contribution is 5.97. The summed E-state index contributed by atoms with van der Waals surface area (Å²) in [5, 5.41) is 8.97. The summed E-state index contributed by atoms with van der Waals surface area (Å²) in [6.07, 6.45) is 1.47. The second kappa shape index (κ2) is 14.5. The molecule has 9 nitrogen and oxygen atoms in total. The van der Waals surface area contributed by atoms with Crippen molar-refractivity contribution in [2.75, 3.05) is 58.4 Å². The number of carbonyl (C=O) groups is 2. The van der Waals surface area contributed by atoms with Crippen LogP contribution in [0.4, 0.5) is 5.82 Å². The Morgan fingerprint density at radius 2 is 1.59 bits per heavy atom. The van der Waals surface area contributed by atoms with Gasteiger partial charge in [-0.1, -0.05) is 48.5 Å². The Kier molecular flexibility index (Phi) is 10.1. The zero-order valence-corrected chi connectivity index (χ0v) is 25.6. The van der Waals surface area contributed by atoms with Crippen LogP contribution < -0.4 is 14.4 Å². The largest absolute Gasteiger partial charge is 0.493 e. The fraction of sp³-hybridized carbons (Fsp3) is 0.314. The van der Waals surface area contributed by atoms with Gasteiger partial charge in [0.25, 0.3) is 5.91 Å². The number of benzene rings is 3. The number of amides is 2. The van der Waals surface area contributed by atoms with E-state index in [9.17, 15) is 9.59 Å². The minimum atomic E-state index is -0.117. The van der Waals surface area contributed by atoms with E-state index in [0.29, 0.717) is 49.7 Å². The van der Waals surface area contributed by atoms with Gasteiger partial charge < -0.3 is 24.2 Å². The SMILES string of the molecule is COc1ccc(-c2ccc(N3CCCN(C(=O)CN(CCc4ccccc4)C(=O)c4ccccc4C)CC3)nn2)cc1OC. The molecule has 0 N–H and O–H groups in total. The summed E-state index contributed by atoms with van der Waals surface area (Å²) in [5.41, 5.74) is 4.27. The Morgan fingerprint density at radius 1 is 0.818 bits per heavy atom. The van der Waals surface area contributed by atoms with Crippen LogP contribution >= 0.6 is 0 Å². The van der Waals surface area contributed by atoms with Gasteiger partial charge >= 0.3 is 0 Å². The standard InChI is InChI=1S/C35H39N5O4/c1-26-10-7-8-13-29(26)35(42)40(21-18-27-11-5-4-6-12-27)25-34(41)39-20-9-19-38(22-23-39)33-17-15-30(36-37-33)28-14-16-31(43-2)32(24-28)44-3/h4-8,10-17,24H,9,18-23,25H2,1-3H3. The van der Waals surface area contributed by atoms with Crippen LogP contribution in [0.5, 0.6) is 11.5 Å². The topological polar surface area (TPSA) is 88.1 Å². The Balaban J connectivity index is 1.23. The maximum absolute atomic E-state index is 13.6. The van der Waals surface area contributed by atoms with E-state index >= 15 is 0 Å². The molecule has 1 fully saturated rings. The molecule has 0 atom stereocenters. The first-order chi connectivity index (χ1) is 21.5. The van der Waals surface area contributed by atoms with Gasteiger partial charge in [0.05, 0.1) is 19.9 Å². The fourth-order valence-electron chi connectivity index (χ4n) is 5.45. The first-order valence-electron chi connectivity index (χ1n) is 14.9. The molecule has 5 rings (SSSR count). The molecular formula is C35H39N5O4. The smallest absolute Gasteiger partial charge is 0.254 e. The van der Waals surface area contributed by atoms with Gasteiger partial charge in [0.2, 0.25) is 5.91 Å². The summed E-state index contributed by atoms with van der Waals surface area (Å²) in [6.45, 7) is 4.99. The molecule has 1 aliphatic rings. The summed E-state index contributed by atoms with van der Waals surface area (Å²) in [5.74, 6) is 1.89. The number of aryl methyl sites for hydroxylation is 1. The van der Waals surface area contributed by atoms with Crippen LogP contribution in [0.2, 0.25) is 0 Å². The number of methoxy groups -OCH3 is 2. The van der Waals surface area contributed by atoms with Crippen molar-refractivity contribution in [1.82, 2.24) is 20.0 Å². The lowest BCUT2D eigenvalue weighted by atomic mass is 10.1. The molecule has 3 aromatic carbocycles. The van der Waals surface area contributed by atoms with Crippen molar-refractivity contribution in [1.29, 1.82) is 0 Å². The average molecular weight is 594 g/mol. The van der Waals surface area contributed by atoms with Crippen molar-refractivity contribution in [3.05, 3.63) is 102 Å². The second-order valence-corrected chi connectivity index (χ2v) is 10.8. The van der Waals surface area contributed by atoms with Gasteiger partial charge in [-0.25, -0.2) is 0 Å². The van der Waals surface area contributed by atoms with Gasteiger partial charge in [-0.3, -0.25) is 9.59 Å². The highest BCUT2D eigenvalue weighted by atomic mass is 16.5. The van der Waals surface area contributed by atoms with E-state index in [1.807, 2.05) is 96.8 Å². The monoisotopic (exact) mass is 593 g/mol. The molecule has 2 amide bonds. The number of hydrogen-bond acceptors (Lipinski definition) is 7. The van der Waals surface area contributed by atoms with Crippen molar-refractivity contribution in [2.45, 2.75) is 19.8 Å². The van der Waals surface area contributed by atoms with E-state index in [2.05, 4.69) is 15.1 Å². The molecule has 0 saturated carbocycles. The van der Waals surface area contributed by atoms with Gasteiger partial charge in [0, 0.05) is 43.9 Å². The molecule has 228 valence electrons. The van der Waals surface area contributed by atoms with Gasteiger partial charge in [-0.05, 0) is 67.3 Å². The Labute approximate surface area is 259 Å². The molecule has 0 unspecified atom stereocenters. The maximum atomic E-state index is 13.6. The second-order valence-electron chi connectivity index (χ2n) is 10.8. The van der Waals surface area contributed by atoms with Crippen LogP contribution in [0.25, 0.3) is 11.3 Å². The summed E-state index contributed by atoms with van der Waals surface area (Å²) in [7, 11) is 3.21. The Morgan fingerprint density at radius 3 is 2.32 bits per heavy atom. The molecule has 1 aliphatic heterocycles. The molecule has 1 aromatic heterocycles. The predicted molar refractivity (Wildman–Crippen MR) is 171 cm³/mol. The number of hydrogen-bond donors (Lipinski definition) is 0. The molecule has 0 radical (unpaired) electrons. The molecule has 1 saturated heterocycles. The minimum Gasteiger partial charge on any atom is -0.493 e. The van der Waals surface area contributed by atoms with Crippen LogP contribution in [-0.2, 0) is 11.2 Å². The van der Waals surface area contributed by atoms with Crippen LogP contribution in [0.1, 0.15) is 27.9 Å². The predicted octanol–water partition coefficient (Wildman–Crippen LogP) is 4.89. The van der Waals surface area contributed by atoms with Crippen molar-refractivity contribution < 1.29 is 19.1 Å². The molecule has 0 spiro atoms. The number of carbonyl (C=O) groups excluding carboxylic acids is 2. The lowest BCUT2D eigenvalue weighted by molar-refractivity contribution is -0.131. The van der Waals surface area contributed by atoms with Crippen LogP contribution in [0.3, 0.4) is 0 Å². The zero-order chi connectivity index (χ0) is 30.9. The lowest BCUT2D eigenvalue weighted by Crippen LogP contribution is -2.45. The van der Waals surface area contributed by atoms with Crippen molar-refractivity contribution in [2.24, 2.45) is 0 Å². The molecule has 2 heterocycles. The third-order valence-electron chi connectivity index (χ3n) is 8.00. The first kappa shape index (κ1) is 30.5. The molecule has 0 aliphatic carbocycles. The molecule has 0 bridgehead atoms. The number of aromatic nitrogens is 2. The van der Waals surface area contributed by atoms with E-state index in [4.69, 9.17) is 9.47 Å². The Hall–Kier alpha value is -4.92. The molecule has 9 heteroatoms. The van der Waals surface area contributed by atoms with Crippen molar-refractivity contribution in [3.8, 4) is 22.8 Å². The number of nitrogens with zero attached hydrogens (tertiary/aromatic N) is 5. The van der Waals surface area contributed by atoms with E-state index in [1.165, 1.54) is 0 Å². The van der Waals surface area contributed by atoms with Crippen molar-refractivity contribution in [3.63, 3.8) is 0 Å². The van der Waals surface area contributed by atoms with Crippen LogP contribution in [0.15, 0.2) is 84.9 Å². The van der Waals surface area contributed by atoms with Gasteiger partial charge in [-0.2, -0.15) is 0 Å². The van der Waals surface area contributed by atoms with Crippen molar-refractivity contribution >= 4 is 17.6 Å². The molecule has 44 heavy (non-hydrogen) atoms. The highest BCUT2D eigenvalue weighted by Crippen LogP contribution is 2.31. The fourth-order valence-corrected chi connectivity index (χ4v) is 5.45. The van der Waals surface area contributed by atoms with E-state index in [0.717, 1.165) is 41.2 Å². The van der Waals surface area contributed by atoms with Crippen LogP contribution in [0, 0.1) is 6.92 Å². The van der Waals surface area contributed by atoms with Gasteiger partial charge in [-0.15, -0.1) is 10.2 Å². The molecule has 4 aromatic rings. The van der Waals surface area contributed by atoms with Gasteiger partial charge in [0.1, 0.15) is 6.54 Å². The van der Waals surface area contributed by atoms with Crippen LogP contribution in [-0.4, -0.2) is 85.3 Å². The number of rotatable bonds is 10. The zero-order valence-electron chi connectivity index (χ0n) is 25.6. The molecular weight excluding hydrogens is 554 g/mol. The summed E-state index contributed by atoms with van der Waals surface area (Å²) >= 11 is 0. The summed E-state index contributed by atoms with van der Waals surface area (Å²) in [4.78, 5) is 32.9. The minimum absolute atomic E-state index is 0.0415. The van der Waals surface area contributed by atoms with E-state index < -0.39 is 0 Å². The Bertz CT molecular complexity index is 1560. The maximum Gasteiger partial charge on any atom is 0.254 e. The van der Waals surface area contributed by atoms with E-state index in [-0.39, 0.29) is 18.4 Å². The van der Waals surface area contributed by atoms with E-state index in [1.54, 1.807) is 19.1 Å². The highest BCUT2D eigenvalue weighted by Gasteiger charge is 2.25. The first-order valence-corrected chi connectivity index (χ1v) is 14.9. The third kappa shape index (κ3) is 7.34. The third-order valence-corrected chi connectivity index (χ3v) is 8.00. The summed E-state index contributed by atoms with van der Waals surface area (Å²) in [6, 6.07) is 27.2.